The molecule has 0 saturated heterocycles. The van der Waals surface area contributed by atoms with Gasteiger partial charge < -0.3 is 14.8 Å². The van der Waals surface area contributed by atoms with Gasteiger partial charge in [-0.15, -0.1) is 0 Å². The predicted octanol–water partition coefficient (Wildman–Crippen LogP) is 9.28. The number of aliphatic imine (C=N–C) groups is 1. The van der Waals surface area contributed by atoms with Crippen molar-refractivity contribution in [3.8, 4) is 0 Å². The van der Waals surface area contributed by atoms with E-state index in [9.17, 15) is 14.4 Å². The molecule has 0 spiro atoms. The molecule has 0 bridgehead atoms. The van der Waals surface area contributed by atoms with Crippen LogP contribution in [0.3, 0.4) is 0 Å². The van der Waals surface area contributed by atoms with Crippen LogP contribution in [0.15, 0.2) is 65.7 Å². The maximum absolute atomic E-state index is 14.0. The molecule has 2 aromatic rings. The van der Waals surface area contributed by atoms with E-state index < -0.39 is 29.4 Å². The molecule has 3 N–H and O–H groups in total. The number of benzene rings is 2. The lowest BCUT2D eigenvalue weighted by Gasteiger charge is -2.31. The largest absolute Gasteiger partial charge is 0.444 e. The molecule has 2 rings (SSSR count). The molecule has 0 heterocycles. The topological polar surface area (TPSA) is 121 Å². The van der Waals surface area contributed by atoms with Crippen molar-refractivity contribution in [1.82, 2.24) is 20.9 Å². The predicted molar refractivity (Wildman–Crippen MR) is 211 cm³/mol. The fraction of sp³-hybridized carbons (Fsp3) is 0.619. The van der Waals surface area contributed by atoms with Crippen LogP contribution in [-0.4, -0.2) is 59.3 Å². The molecule has 0 aliphatic heterocycles. The highest BCUT2D eigenvalue weighted by atomic mass is 16.6. The molecule has 0 radical (unpaired) electrons. The first kappa shape index (κ1) is 44.2. The van der Waals surface area contributed by atoms with Gasteiger partial charge in [0.1, 0.15) is 11.2 Å². The van der Waals surface area contributed by atoms with E-state index in [1.807, 2.05) is 36.4 Å². The second kappa shape index (κ2) is 24.3. The van der Waals surface area contributed by atoms with E-state index in [-0.39, 0.29) is 18.4 Å². The van der Waals surface area contributed by atoms with Gasteiger partial charge in [0, 0.05) is 26.2 Å². The standard InChI is InChI=1S/C42H67N5O5/c1-8-9-10-11-12-13-14-15-16-23-30-43-37(48)36(47(32-34-25-19-17-20-26-34)33-35-27-21-18-22-28-35)29-24-31-44-38(45-39(49)51-41(2,3)4)46-40(50)52-42(5,6)7/h17-22,25-28,36H,8-16,23-24,29-33H2,1-7H3,(H,43,48)(H2,44,45,46,49,50)/t36-/m0/s1. The number of rotatable bonds is 21. The molecule has 1 atom stereocenters. The zero-order valence-corrected chi connectivity index (χ0v) is 33.1. The molecule has 0 aromatic heterocycles. The molecule has 10 heteroatoms. The van der Waals surface area contributed by atoms with Crippen LogP contribution >= 0.6 is 0 Å². The summed E-state index contributed by atoms with van der Waals surface area (Å²) in [6.45, 7) is 14.8. The van der Waals surface area contributed by atoms with E-state index in [0.29, 0.717) is 32.5 Å². The summed E-state index contributed by atoms with van der Waals surface area (Å²) in [6, 6.07) is 19.9. The highest BCUT2D eigenvalue weighted by molar-refractivity contribution is 6.01. The van der Waals surface area contributed by atoms with Crippen molar-refractivity contribution in [2.24, 2.45) is 4.99 Å². The smallest absolute Gasteiger partial charge is 0.414 e. The first-order valence-corrected chi connectivity index (χ1v) is 19.4. The first-order chi connectivity index (χ1) is 24.8. The van der Waals surface area contributed by atoms with Crippen LogP contribution in [0.4, 0.5) is 9.59 Å². The molecule has 0 saturated carbocycles. The zero-order chi connectivity index (χ0) is 38.2. The van der Waals surface area contributed by atoms with Gasteiger partial charge in [0.2, 0.25) is 11.9 Å². The van der Waals surface area contributed by atoms with Crippen LogP contribution in [0.5, 0.6) is 0 Å². The summed E-state index contributed by atoms with van der Waals surface area (Å²) < 4.78 is 10.8. The maximum atomic E-state index is 14.0. The van der Waals surface area contributed by atoms with Crippen molar-refractivity contribution in [2.45, 2.75) is 156 Å². The number of nitrogens with one attached hydrogen (secondary N) is 3. The summed E-state index contributed by atoms with van der Waals surface area (Å²) in [5, 5.41) is 8.32. The second-order valence-corrected chi connectivity index (χ2v) is 15.5. The Morgan fingerprint density at radius 2 is 1.10 bits per heavy atom. The number of guanidine groups is 1. The molecule has 290 valence electrons. The van der Waals surface area contributed by atoms with E-state index in [0.717, 1.165) is 24.0 Å². The SMILES string of the molecule is CCCCCCCCCCCCNC(=O)[C@H](CCCN=C(NC(=O)OC(C)(C)C)NC(=O)OC(C)(C)C)N(Cc1ccccc1)Cc1ccccc1. The third kappa shape index (κ3) is 21.4. The summed E-state index contributed by atoms with van der Waals surface area (Å²) in [5.74, 6) is -0.0818. The lowest BCUT2D eigenvalue weighted by atomic mass is 10.0. The van der Waals surface area contributed by atoms with Crippen LogP contribution in [0.25, 0.3) is 0 Å². The number of carbonyl (C=O) groups is 3. The number of alkyl carbamates (subject to hydrolysis) is 2. The van der Waals surface area contributed by atoms with Crippen molar-refractivity contribution in [1.29, 1.82) is 0 Å². The van der Waals surface area contributed by atoms with Gasteiger partial charge in [0.25, 0.3) is 0 Å². The fourth-order valence-corrected chi connectivity index (χ4v) is 5.72. The van der Waals surface area contributed by atoms with Crippen molar-refractivity contribution < 1.29 is 23.9 Å². The van der Waals surface area contributed by atoms with Crippen LogP contribution in [-0.2, 0) is 27.4 Å². The van der Waals surface area contributed by atoms with Gasteiger partial charge in [0.05, 0.1) is 6.04 Å². The van der Waals surface area contributed by atoms with Gasteiger partial charge in [-0.3, -0.25) is 25.3 Å². The Hall–Kier alpha value is -3.92. The normalized spacial score (nSPS) is 12.2. The summed E-state index contributed by atoms with van der Waals surface area (Å²) in [4.78, 5) is 45.9. The highest BCUT2D eigenvalue weighted by Gasteiger charge is 2.26. The monoisotopic (exact) mass is 722 g/mol. The van der Waals surface area contributed by atoms with E-state index in [2.05, 4.69) is 57.0 Å². The molecule has 0 unspecified atom stereocenters. The van der Waals surface area contributed by atoms with Gasteiger partial charge in [0.15, 0.2) is 0 Å². The summed E-state index contributed by atoms with van der Waals surface area (Å²) in [7, 11) is 0. The Morgan fingerprint density at radius 1 is 0.654 bits per heavy atom. The van der Waals surface area contributed by atoms with E-state index in [1.165, 1.54) is 51.4 Å². The van der Waals surface area contributed by atoms with E-state index in [1.54, 1.807) is 41.5 Å². The Labute approximate surface area is 313 Å². The van der Waals surface area contributed by atoms with Gasteiger partial charge in [-0.05, 0) is 71.9 Å². The lowest BCUT2D eigenvalue weighted by Crippen LogP contribution is -2.47. The third-order valence-electron chi connectivity index (χ3n) is 8.17. The van der Waals surface area contributed by atoms with Gasteiger partial charge >= 0.3 is 12.2 Å². The number of nitrogens with zero attached hydrogens (tertiary/aromatic N) is 2. The average Bonchev–Trinajstić information content (AvgIpc) is 3.06. The van der Waals surface area contributed by atoms with Crippen LogP contribution in [0, 0.1) is 0 Å². The molecule has 3 amide bonds. The number of hydrogen-bond donors (Lipinski definition) is 3. The number of amides is 3. The molecule has 2 aromatic carbocycles. The molecule has 0 aliphatic carbocycles. The van der Waals surface area contributed by atoms with Crippen molar-refractivity contribution in [2.75, 3.05) is 13.1 Å². The number of hydrogen-bond acceptors (Lipinski definition) is 7. The molecular formula is C42H67N5O5. The average molecular weight is 722 g/mol. The van der Waals surface area contributed by atoms with Gasteiger partial charge in [-0.2, -0.15) is 0 Å². The fourth-order valence-electron chi connectivity index (χ4n) is 5.72. The third-order valence-corrected chi connectivity index (χ3v) is 8.17. The minimum Gasteiger partial charge on any atom is -0.444 e. The Balaban J connectivity index is 2.16. The molecule has 0 aliphatic rings. The van der Waals surface area contributed by atoms with Crippen molar-refractivity contribution >= 4 is 24.1 Å². The molecule has 52 heavy (non-hydrogen) atoms. The summed E-state index contributed by atoms with van der Waals surface area (Å²) >= 11 is 0. The molecular weight excluding hydrogens is 654 g/mol. The van der Waals surface area contributed by atoms with Crippen molar-refractivity contribution in [3.63, 3.8) is 0 Å². The van der Waals surface area contributed by atoms with Crippen LogP contribution < -0.4 is 16.0 Å². The van der Waals surface area contributed by atoms with Gasteiger partial charge in [-0.25, -0.2) is 9.59 Å². The number of carbonyl (C=O) groups excluding carboxylic acids is 3. The first-order valence-electron chi connectivity index (χ1n) is 19.4. The van der Waals surface area contributed by atoms with E-state index >= 15 is 0 Å². The highest BCUT2D eigenvalue weighted by Crippen LogP contribution is 2.18. The lowest BCUT2D eigenvalue weighted by molar-refractivity contribution is -0.127. The Bertz CT molecular complexity index is 1250. The Kier molecular flexibility index (Phi) is 20.7. The quantitative estimate of drug-likeness (QED) is 0.0671. The van der Waals surface area contributed by atoms with Crippen LogP contribution in [0.1, 0.15) is 137 Å². The van der Waals surface area contributed by atoms with E-state index in [4.69, 9.17) is 9.47 Å². The maximum Gasteiger partial charge on any atom is 0.414 e. The van der Waals surface area contributed by atoms with Crippen molar-refractivity contribution in [3.05, 3.63) is 71.8 Å². The Morgan fingerprint density at radius 3 is 1.54 bits per heavy atom. The minimum absolute atomic E-state index is 0.00857. The second-order valence-electron chi connectivity index (χ2n) is 15.5. The zero-order valence-electron chi connectivity index (χ0n) is 33.1. The number of unbranched alkanes of at least 4 members (excludes halogenated alkanes) is 9. The summed E-state index contributed by atoms with van der Waals surface area (Å²) in [6.07, 6.45) is 11.9. The van der Waals surface area contributed by atoms with Crippen LogP contribution in [0.2, 0.25) is 0 Å². The van der Waals surface area contributed by atoms with Gasteiger partial charge in [-0.1, -0.05) is 125 Å². The minimum atomic E-state index is -0.747. The molecule has 10 nitrogen and oxygen atoms in total. The molecule has 0 fully saturated rings. The number of ether oxygens (including phenoxy) is 2. The summed E-state index contributed by atoms with van der Waals surface area (Å²) in [5.41, 5.74) is 0.760.